The highest BCUT2D eigenvalue weighted by Gasteiger charge is 2.32. The summed E-state index contributed by atoms with van der Waals surface area (Å²) in [5.41, 5.74) is 1.69. The first kappa shape index (κ1) is 30.6. The zero-order valence-corrected chi connectivity index (χ0v) is 25.4. The zero-order chi connectivity index (χ0) is 28.9. The molecular weight excluding hydrogens is 520 g/mol. The molecule has 3 aliphatic rings. The van der Waals surface area contributed by atoms with Crippen LogP contribution >= 0.6 is 0 Å². The summed E-state index contributed by atoms with van der Waals surface area (Å²) in [6, 6.07) is 3.36. The van der Waals surface area contributed by atoms with Gasteiger partial charge in [-0.3, -0.25) is 0 Å². The van der Waals surface area contributed by atoms with Gasteiger partial charge < -0.3 is 0 Å². The van der Waals surface area contributed by atoms with Crippen LogP contribution in [0.5, 0.6) is 0 Å². The first-order valence-electron chi connectivity index (χ1n) is 16.9. The molecule has 0 unspecified atom stereocenters. The average Bonchev–Trinajstić information content (AvgIpc) is 3.35. The summed E-state index contributed by atoms with van der Waals surface area (Å²) < 4.78 is 60.1. The fourth-order valence-corrected chi connectivity index (χ4v) is 8.26. The molecule has 0 aromatic heterocycles. The Morgan fingerprint density at radius 3 is 1.41 bits per heavy atom. The number of fused-ring (bicyclic) bond motifs is 3. The lowest BCUT2D eigenvalue weighted by Gasteiger charge is -2.32. The van der Waals surface area contributed by atoms with Crippen molar-refractivity contribution in [3.05, 3.63) is 57.7 Å². The second-order valence-corrected chi connectivity index (χ2v) is 13.7. The molecule has 2 aromatic rings. The van der Waals surface area contributed by atoms with Gasteiger partial charge in [0.05, 0.1) is 0 Å². The molecule has 4 heteroatoms. The zero-order valence-electron chi connectivity index (χ0n) is 25.4. The molecule has 0 radical (unpaired) electrons. The highest BCUT2D eigenvalue weighted by molar-refractivity contribution is 5.79. The maximum Gasteiger partial charge on any atom is 0.167 e. The van der Waals surface area contributed by atoms with Gasteiger partial charge in [0.25, 0.3) is 0 Å². The fraction of sp³-hybridized carbons (Fsp3) is 0.676. The summed E-state index contributed by atoms with van der Waals surface area (Å²) in [4.78, 5) is 0. The Balaban J connectivity index is 1.09. The van der Waals surface area contributed by atoms with Crippen molar-refractivity contribution in [2.24, 2.45) is 23.7 Å². The quantitative estimate of drug-likeness (QED) is 0.150. The van der Waals surface area contributed by atoms with Gasteiger partial charge in [0, 0.05) is 11.1 Å². The predicted molar refractivity (Wildman–Crippen MR) is 161 cm³/mol. The maximum atomic E-state index is 15.3. The molecule has 0 saturated heterocycles. The molecule has 0 nitrogen and oxygen atoms in total. The van der Waals surface area contributed by atoms with E-state index in [0.29, 0.717) is 53.9 Å². The van der Waals surface area contributed by atoms with Crippen molar-refractivity contribution in [3.63, 3.8) is 0 Å². The van der Waals surface area contributed by atoms with Crippen LogP contribution in [-0.4, -0.2) is 0 Å². The Bertz CT molecular complexity index is 1170. The molecule has 0 bridgehead atoms. The van der Waals surface area contributed by atoms with Gasteiger partial charge in [-0.2, -0.15) is 0 Å². The van der Waals surface area contributed by atoms with Crippen molar-refractivity contribution < 1.29 is 17.6 Å². The van der Waals surface area contributed by atoms with Crippen molar-refractivity contribution in [1.82, 2.24) is 0 Å². The molecular formula is C37H50F4. The second kappa shape index (κ2) is 14.1. The van der Waals surface area contributed by atoms with E-state index in [9.17, 15) is 8.78 Å². The first-order valence-corrected chi connectivity index (χ1v) is 16.9. The SMILES string of the molecule is CCCCCC1CCC(CCC2CCC(CCc3cc4c(c(F)c3F)-c3c(cc(CCC)c(F)c3F)C4)CC2)CC1. The molecule has 0 aliphatic heterocycles. The van der Waals surface area contributed by atoms with Gasteiger partial charge in [0.1, 0.15) is 0 Å². The minimum Gasteiger partial charge on any atom is -0.203 e. The Hall–Kier alpha value is -1.84. The number of halogens is 4. The Labute approximate surface area is 245 Å². The molecule has 0 heterocycles. The minimum absolute atomic E-state index is 0.0776. The van der Waals surface area contributed by atoms with E-state index < -0.39 is 23.3 Å². The smallest absolute Gasteiger partial charge is 0.167 e. The lowest BCUT2D eigenvalue weighted by Crippen LogP contribution is -2.18. The van der Waals surface area contributed by atoms with Crippen molar-refractivity contribution in [2.45, 2.75) is 136 Å². The number of aryl methyl sites for hydroxylation is 2. The largest absolute Gasteiger partial charge is 0.203 e. The van der Waals surface area contributed by atoms with Gasteiger partial charge in [0.2, 0.25) is 0 Å². The van der Waals surface area contributed by atoms with Crippen LogP contribution in [0.25, 0.3) is 11.1 Å². The summed E-state index contributed by atoms with van der Waals surface area (Å²) in [5, 5.41) is 0. The van der Waals surface area contributed by atoms with E-state index in [2.05, 4.69) is 6.92 Å². The summed E-state index contributed by atoms with van der Waals surface area (Å²) in [6.45, 7) is 4.20. The Morgan fingerprint density at radius 1 is 0.512 bits per heavy atom. The van der Waals surface area contributed by atoms with Crippen molar-refractivity contribution in [2.75, 3.05) is 0 Å². The number of hydrogen-bond acceptors (Lipinski definition) is 0. The van der Waals surface area contributed by atoms with Crippen LogP contribution in [-0.2, 0) is 19.3 Å². The normalized spacial score (nSPS) is 24.0. The maximum absolute atomic E-state index is 15.3. The number of unbranched alkanes of at least 4 members (excludes halogenated alkanes) is 2. The fourth-order valence-electron chi connectivity index (χ4n) is 8.26. The molecule has 5 rings (SSSR count). The molecule has 0 amide bonds. The molecule has 2 saturated carbocycles. The van der Waals surface area contributed by atoms with Gasteiger partial charge >= 0.3 is 0 Å². The van der Waals surface area contributed by atoms with Crippen LogP contribution in [0.4, 0.5) is 17.6 Å². The molecule has 3 aliphatic carbocycles. The Morgan fingerprint density at radius 2 is 0.951 bits per heavy atom. The van der Waals surface area contributed by atoms with Crippen molar-refractivity contribution in [3.8, 4) is 11.1 Å². The lowest BCUT2D eigenvalue weighted by molar-refractivity contribution is 0.208. The second-order valence-electron chi connectivity index (χ2n) is 13.7. The van der Waals surface area contributed by atoms with Crippen LogP contribution in [0.3, 0.4) is 0 Å². The molecule has 0 spiro atoms. The predicted octanol–water partition coefficient (Wildman–Crippen LogP) is 11.7. The van der Waals surface area contributed by atoms with Gasteiger partial charge in [-0.1, -0.05) is 122 Å². The molecule has 0 atom stereocenters. The van der Waals surface area contributed by atoms with Crippen LogP contribution in [0.2, 0.25) is 0 Å². The van der Waals surface area contributed by atoms with Crippen LogP contribution < -0.4 is 0 Å². The third-order valence-electron chi connectivity index (χ3n) is 10.8. The topological polar surface area (TPSA) is 0 Å². The van der Waals surface area contributed by atoms with Crippen molar-refractivity contribution >= 4 is 0 Å². The molecule has 226 valence electrons. The summed E-state index contributed by atoms with van der Waals surface area (Å²) >= 11 is 0. The van der Waals surface area contributed by atoms with Crippen molar-refractivity contribution in [1.29, 1.82) is 0 Å². The van der Waals surface area contributed by atoms with E-state index in [1.54, 1.807) is 12.1 Å². The van der Waals surface area contributed by atoms with E-state index in [1.165, 1.54) is 89.9 Å². The van der Waals surface area contributed by atoms with Gasteiger partial charge in [-0.05, 0) is 71.6 Å². The van der Waals surface area contributed by atoms with Crippen LogP contribution in [0, 0.1) is 46.9 Å². The summed E-state index contributed by atoms with van der Waals surface area (Å²) in [5.74, 6) is -0.572. The van der Waals surface area contributed by atoms with E-state index in [0.717, 1.165) is 24.2 Å². The van der Waals surface area contributed by atoms with E-state index >= 15 is 8.78 Å². The van der Waals surface area contributed by atoms with Gasteiger partial charge in [-0.25, -0.2) is 17.6 Å². The monoisotopic (exact) mass is 570 g/mol. The summed E-state index contributed by atoms with van der Waals surface area (Å²) in [7, 11) is 0. The van der Waals surface area contributed by atoms with Gasteiger partial charge in [0.15, 0.2) is 23.3 Å². The van der Waals surface area contributed by atoms with Crippen LogP contribution in [0.15, 0.2) is 12.1 Å². The number of hydrogen-bond donors (Lipinski definition) is 0. The summed E-state index contributed by atoms with van der Waals surface area (Å²) in [6.07, 6.45) is 21.8. The lowest BCUT2D eigenvalue weighted by atomic mass is 9.74. The average molecular weight is 571 g/mol. The van der Waals surface area contributed by atoms with E-state index in [1.807, 2.05) is 6.92 Å². The Kier molecular flexibility index (Phi) is 10.5. The molecule has 2 aromatic carbocycles. The highest BCUT2D eigenvalue weighted by Crippen LogP contribution is 2.44. The first-order chi connectivity index (χ1) is 19.9. The molecule has 0 N–H and O–H groups in total. The highest BCUT2D eigenvalue weighted by atomic mass is 19.2. The van der Waals surface area contributed by atoms with Crippen LogP contribution in [0.1, 0.15) is 139 Å². The number of rotatable bonds is 12. The number of benzene rings is 2. The third-order valence-corrected chi connectivity index (χ3v) is 10.8. The third kappa shape index (κ3) is 7.04. The minimum atomic E-state index is -1.04. The van der Waals surface area contributed by atoms with E-state index in [4.69, 9.17) is 0 Å². The van der Waals surface area contributed by atoms with E-state index in [-0.39, 0.29) is 11.1 Å². The molecule has 41 heavy (non-hydrogen) atoms. The molecule has 2 fully saturated rings. The standard InChI is InChI=1S/C37H50F4/c1-3-5-6-8-24-9-11-25(12-10-24)13-14-26-15-17-27(18-16-26)19-20-29-22-31-23-30-21-28(7-4-2)34(38)36(40)32(30)33(31)37(41)35(29)39/h21-22,24-27H,3-20,23H2,1-2H3. The van der Waals surface area contributed by atoms with Gasteiger partial charge in [-0.15, -0.1) is 0 Å².